The number of rotatable bonds is 6. The van der Waals surface area contributed by atoms with Gasteiger partial charge >= 0.3 is 6.03 Å². The van der Waals surface area contributed by atoms with Crippen molar-refractivity contribution in [1.29, 1.82) is 0 Å². The van der Waals surface area contributed by atoms with Gasteiger partial charge in [-0.2, -0.15) is 0 Å². The van der Waals surface area contributed by atoms with E-state index in [1.54, 1.807) is 11.9 Å². The van der Waals surface area contributed by atoms with Gasteiger partial charge in [-0.05, 0) is 29.7 Å². The third kappa shape index (κ3) is 5.76. The van der Waals surface area contributed by atoms with Crippen molar-refractivity contribution in [3.05, 3.63) is 65.7 Å². The molecule has 2 aromatic carbocycles. The van der Waals surface area contributed by atoms with Gasteiger partial charge in [0.1, 0.15) is 0 Å². The van der Waals surface area contributed by atoms with Gasteiger partial charge in [0, 0.05) is 32.7 Å². The maximum absolute atomic E-state index is 12.1. The number of urea groups is 1. The van der Waals surface area contributed by atoms with Gasteiger partial charge in [-0.1, -0.05) is 42.5 Å². The van der Waals surface area contributed by atoms with Gasteiger partial charge in [-0.3, -0.25) is 4.79 Å². The molecule has 0 aliphatic heterocycles. The molecule has 24 heavy (non-hydrogen) atoms. The van der Waals surface area contributed by atoms with Gasteiger partial charge in [0.15, 0.2) is 0 Å². The molecule has 0 atom stereocenters. The molecule has 0 fully saturated rings. The molecule has 2 rings (SSSR count). The Hall–Kier alpha value is -2.82. The smallest absolute Gasteiger partial charge is 0.317 e. The first-order valence-electron chi connectivity index (χ1n) is 7.94. The van der Waals surface area contributed by atoms with Gasteiger partial charge in [0.2, 0.25) is 5.91 Å². The van der Waals surface area contributed by atoms with Crippen LogP contribution in [0, 0.1) is 0 Å². The summed E-state index contributed by atoms with van der Waals surface area (Å²) in [6.45, 7) is 2.63. The molecule has 0 spiro atoms. The number of benzene rings is 2. The van der Waals surface area contributed by atoms with Crippen LogP contribution >= 0.6 is 0 Å². The van der Waals surface area contributed by atoms with Gasteiger partial charge in [0.25, 0.3) is 0 Å². The van der Waals surface area contributed by atoms with E-state index in [-0.39, 0.29) is 11.9 Å². The molecule has 0 radical (unpaired) electrons. The van der Waals surface area contributed by atoms with Crippen molar-refractivity contribution in [1.82, 2.24) is 10.2 Å². The molecule has 0 heterocycles. The summed E-state index contributed by atoms with van der Waals surface area (Å²) >= 11 is 0. The summed E-state index contributed by atoms with van der Waals surface area (Å²) in [4.78, 5) is 24.7. The normalized spacial score (nSPS) is 10.1. The van der Waals surface area contributed by atoms with Crippen molar-refractivity contribution in [2.24, 2.45) is 0 Å². The highest BCUT2D eigenvalue weighted by Gasteiger charge is 2.08. The molecular weight excluding hydrogens is 302 g/mol. The van der Waals surface area contributed by atoms with E-state index in [4.69, 9.17) is 0 Å². The van der Waals surface area contributed by atoms with E-state index in [0.29, 0.717) is 13.1 Å². The third-order valence-electron chi connectivity index (χ3n) is 3.57. The van der Waals surface area contributed by atoms with Gasteiger partial charge in [-0.25, -0.2) is 4.79 Å². The predicted molar refractivity (Wildman–Crippen MR) is 95.8 cm³/mol. The Kier molecular flexibility index (Phi) is 6.37. The number of anilines is 1. The fraction of sp³-hybridized carbons (Fsp3) is 0.263. The number of amides is 3. The summed E-state index contributed by atoms with van der Waals surface area (Å²) in [6, 6.07) is 17.4. The lowest BCUT2D eigenvalue weighted by Crippen LogP contribution is -2.37. The summed E-state index contributed by atoms with van der Waals surface area (Å²) in [7, 11) is 1.78. The molecule has 0 aromatic heterocycles. The lowest BCUT2D eigenvalue weighted by molar-refractivity contribution is -0.114. The highest BCUT2D eigenvalue weighted by molar-refractivity contribution is 5.88. The van der Waals surface area contributed by atoms with Gasteiger partial charge in [0.05, 0.1) is 0 Å². The fourth-order valence-electron chi connectivity index (χ4n) is 2.34. The highest BCUT2D eigenvalue weighted by atomic mass is 16.2. The van der Waals surface area contributed by atoms with Crippen LogP contribution < -0.4 is 10.6 Å². The molecule has 5 heteroatoms. The second-order valence-corrected chi connectivity index (χ2v) is 5.70. The Morgan fingerprint density at radius 2 is 1.62 bits per heavy atom. The van der Waals surface area contributed by atoms with Crippen LogP contribution in [-0.2, 0) is 17.8 Å². The van der Waals surface area contributed by atoms with E-state index in [2.05, 4.69) is 10.6 Å². The van der Waals surface area contributed by atoms with E-state index >= 15 is 0 Å². The largest absolute Gasteiger partial charge is 0.338 e. The average Bonchev–Trinajstić information content (AvgIpc) is 2.56. The van der Waals surface area contributed by atoms with E-state index in [1.165, 1.54) is 6.92 Å². The molecule has 2 aromatic rings. The first-order valence-corrected chi connectivity index (χ1v) is 7.94. The summed E-state index contributed by atoms with van der Waals surface area (Å²) in [5.41, 5.74) is 2.98. The Balaban J connectivity index is 1.74. The van der Waals surface area contributed by atoms with Crippen LogP contribution in [0.25, 0.3) is 0 Å². The monoisotopic (exact) mass is 325 g/mol. The molecular formula is C19H23N3O2. The van der Waals surface area contributed by atoms with E-state index in [9.17, 15) is 9.59 Å². The third-order valence-corrected chi connectivity index (χ3v) is 3.57. The number of nitrogens with one attached hydrogen (secondary N) is 2. The van der Waals surface area contributed by atoms with Crippen LogP contribution in [0.3, 0.4) is 0 Å². The molecule has 0 bridgehead atoms. The van der Waals surface area contributed by atoms with Crippen LogP contribution in [-0.4, -0.2) is 30.4 Å². The van der Waals surface area contributed by atoms with Crippen molar-refractivity contribution in [3.63, 3.8) is 0 Å². The van der Waals surface area contributed by atoms with Crippen molar-refractivity contribution >= 4 is 17.6 Å². The number of carbonyl (C=O) groups is 2. The summed E-state index contributed by atoms with van der Waals surface area (Å²) < 4.78 is 0. The number of hydrogen-bond donors (Lipinski definition) is 2. The molecule has 0 aliphatic rings. The maximum Gasteiger partial charge on any atom is 0.317 e. The van der Waals surface area contributed by atoms with Crippen LogP contribution in [0.1, 0.15) is 18.1 Å². The maximum atomic E-state index is 12.1. The minimum absolute atomic E-state index is 0.0866. The van der Waals surface area contributed by atoms with Crippen LogP contribution in [0.5, 0.6) is 0 Å². The molecule has 5 nitrogen and oxygen atoms in total. The minimum Gasteiger partial charge on any atom is -0.338 e. The average molecular weight is 325 g/mol. The van der Waals surface area contributed by atoms with Crippen LogP contribution in [0.15, 0.2) is 54.6 Å². The molecule has 0 saturated heterocycles. The van der Waals surface area contributed by atoms with Crippen LogP contribution in [0.2, 0.25) is 0 Å². The topological polar surface area (TPSA) is 61.4 Å². The lowest BCUT2D eigenvalue weighted by atomic mass is 10.1. The molecule has 0 saturated carbocycles. The van der Waals surface area contributed by atoms with Crippen LogP contribution in [0.4, 0.5) is 10.5 Å². The fourth-order valence-corrected chi connectivity index (χ4v) is 2.34. The molecule has 3 amide bonds. The predicted octanol–water partition coefficient (Wildman–Crippen LogP) is 3.03. The van der Waals surface area contributed by atoms with Crippen molar-refractivity contribution in [2.75, 3.05) is 18.9 Å². The molecule has 0 aliphatic carbocycles. The quantitative estimate of drug-likeness (QED) is 0.857. The summed E-state index contributed by atoms with van der Waals surface area (Å²) in [6.07, 6.45) is 0.741. The minimum atomic E-state index is -0.0891. The second-order valence-electron chi connectivity index (χ2n) is 5.70. The first kappa shape index (κ1) is 17.5. The van der Waals surface area contributed by atoms with E-state index < -0.39 is 0 Å². The van der Waals surface area contributed by atoms with Crippen molar-refractivity contribution in [2.45, 2.75) is 19.9 Å². The van der Waals surface area contributed by atoms with E-state index in [0.717, 1.165) is 23.2 Å². The summed E-state index contributed by atoms with van der Waals surface area (Å²) in [5.74, 6) is -0.0866. The van der Waals surface area contributed by atoms with Gasteiger partial charge < -0.3 is 15.5 Å². The molecule has 2 N–H and O–H groups in total. The highest BCUT2D eigenvalue weighted by Crippen LogP contribution is 2.09. The molecule has 0 unspecified atom stereocenters. The zero-order chi connectivity index (χ0) is 17.4. The summed E-state index contributed by atoms with van der Waals surface area (Å²) in [5, 5.41) is 5.64. The lowest BCUT2D eigenvalue weighted by Gasteiger charge is -2.18. The SMILES string of the molecule is CC(=O)Nc1ccc(CCNC(=O)N(C)Cc2ccccc2)cc1. The second kappa shape index (κ2) is 8.72. The Labute approximate surface area is 142 Å². The number of nitrogens with zero attached hydrogens (tertiary/aromatic N) is 1. The Morgan fingerprint density at radius 1 is 0.958 bits per heavy atom. The number of carbonyl (C=O) groups excluding carboxylic acids is 2. The zero-order valence-corrected chi connectivity index (χ0v) is 14.1. The Morgan fingerprint density at radius 3 is 2.25 bits per heavy atom. The standard InChI is InChI=1S/C19H23N3O2/c1-15(23)21-18-10-8-16(9-11-18)12-13-20-19(24)22(2)14-17-6-4-3-5-7-17/h3-11H,12-14H2,1-2H3,(H,20,24)(H,21,23). The zero-order valence-electron chi connectivity index (χ0n) is 14.1. The van der Waals surface area contributed by atoms with Crippen molar-refractivity contribution < 1.29 is 9.59 Å². The first-order chi connectivity index (χ1) is 11.5. The van der Waals surface area contributed by atoms with Crippen molar-refractivity contribution in [3.8, 4) is 0 Å². The Bertz CT molecular complexity index is 669. The number of hydrogen-bond acceptors (Lipinski definition) is 2. The van der Waals surface area contributed by atoms with E-state index in [1.807, 2.05) is 54.6 Å². The molecule has 126 valence electrons. The van der Waals surface area contributed by atoms with Gasteiger partial charge in [-0.15, -0.1) is 0 Å².